The third-order valence-electron chi connectivity index (χ3n) is 2.72. The molecule has 0 aliphatic rings. The van der Waals surface area contributed by atoms with E-state index in [1.807, 2.05) is 6.92 Å². The fourth-order valence-electron chi connectivity index (χ4n) is 1.63. The molecule has 6 heteroatoms. The molecule has 2 aromatic carbocycles. The van der Waals surface area contributed by atoms with E-state index in [1.165, 1.54) is 0 Å². The highest BCUT2D eigenvalue weighted by molar-refractivity contribution is 6.36. The standard InChI is InChI=1S/C15H12Cl3NO2/c1-9-6-14(12(18)7-11(9)17)21-8-15(20)19-13-5-3-2-4-10(13)16/h2-7H,8H2,1H3,(H,19,20). The van der Waals surface area contributed by atoms with Crippen LogP contribution in [0.2, 0.25) is 15.1 Å². The van der Waals surface area contributed by atoms with Gasteiger partial charge in [-0.05, 0) is 36.8 Å². The van der Waals surface area contributed by atoms with Gasteiger partial charge in [-0.25, -0.2) is 0 Å². The van der Waals surface area contributed by atoms with Crippen molar-refractivity contribution in [2.75, 3.05) is 11.9 Å². The summed E-state index contributed by atoms with van der Waals surface area (Å²) in [7, 11) is 0. The zero-order chi connectivity index (χ0) is 15.4. The first-order chi connectivity index (χ1) is 9.97. The number of anilines is 1. The highest BCUT2D eigenvalue weighted by Gasteiger charge is 2.10. The van der Waals surface area contributed by atoms with E-state index < -0.39 is 0 Å². The minimum absolute atomic E-state index is 0.175. The normalized spacial score (nSPS) is 10.3. The molecule has 1 amide bonds. The van der Waals surface area contributed by atoms with Gasteiger partial charge in [0.1, 0.15) is 5.75 Å². The first-order valence-electron chi connectivity index (χ1n) is 6.10. The lowest BCUT2D eigenvalue weighted by atomic mass is 10.2. The van der Waals surface area contributed by atoms with Gasteiger partial charge in [0.15, 0.2) is 6.61 Å². The van der Waals surface area contributed by atoms with Crippen LogP contribution in [0.25, 0.3) is 0 Å². The molecule has 0 aromatic heterocycles. The molecule has 3 nitrogen and oxygen atoms in total. The second kappa shape index (κ2) is 7.03. The maximum absolute atomic E-state index is 11.8. The summed E-state index contributed by atoms with van der Waals surface area (Å²) in [6.45, 7) is 1.65. The molecule has 0 radical (unpaired) electrons. The number of amides is 1. The molecule has 2 aromatic rings. The number of rotatable bonds is 4. The number of aryl methyl sites for hydroxylation is 1. The van der Waals surface area contributed by atoms with Crippen molar-refractivity contribution >= 4 is 46.4 Å². The van der Waals surface area contributed by atoms with Gasteiger partial charge < -0.3 is 10.1 Å². The smallest absolute Gasteiger partial charge is 0.262 e. The van der Waals surface area contributed by atoms with Crippen molar-refractivity contribution in [3.05, 3.63) is 57.0 Å². The van der Waals surface area contributed by atoms with Crippen LogP contribution in [-0.2, 0) is 4.79 Å². The second-order valence-electron chi connectivity index (χ2n) is 4.35. The first kappa shape index (κ1) is 16.0. The summed E-state index contributed by atoms with van der Waals surface area (Å²) in [5.74, 6) is 0.0830. The van der Waals surface area contributed by atoms with Gasteiger partial charge in [0.05, 0.1) is 15.7 Å². The third kappa shape index (κ3) is 4.27. The summed E-state index contributed by atoms with van der Waals surface area (Å²) in [5, 5.41) is 4.03. The quantitative estimate of drug-likeness (QED) is 0.850. The summed E-state index contributed by atoms with van der Waals surface area (Å²) in [4.78, 5) is 11.8. The lowest BCUT2D eigenvalue weighted by Gasteiger charge is -2.11. The molecule has 2 rings (SSSR count). The third-order valence-corrected chi connectivity index (χ3v) is 3.75. The number of carbonyl (C=O) groups excluding carboxylic acids is 1. The zero-order valence-corrected chi connectivity index (χ0v) is 13.4. The molecule has 1 N–H and O–H groups in total. The van der Waals surface area contributed by atoms with Crippen LogP contribution >= 0.6 is 34.8 Å². The van der Waals surface area contributed by atoms with Crippen LogP contribution in [-0.4, -0.2) is 12.5 Å². The van der Waals surface area contributed by atoms with E-state index in [0.717, 1.165) is 5.56 Å². The molecular weight excluding hydrogens is 333 g/mol. The molecule has 0 fully saturated rings. The largest absolute Gasteiger partial charge is 0.482 e. The zero-order valence-electron chi connectivity index (χ0n) is 11.1. The number of hydrogen-bond donors (Lipinski definition) is 1. The minimum Gasteiger partial charge on any atom is -0.482 e. The van der Waals surface area contributed by atoms with E-state index in [4.69, 9.17) is 39.5 Å². The maximum atomic E-state index is 11.8. The summed E-state index contributed by atoms with van der Waals surface area (Å²) in [6, 6.07) is 10.2. The SMILES string of the molecule is Cc1cc(OCC(=O)Nc2ccccc2Cl)c(Cl)cc1Cl. The molecule has 0 bridgehead atoms. The fraction of sp³-hybridized carbons (Fsp3) is 0.133. The van der Waals surface area contributed by atoms with Gasteiger partial charge >= 0.3 is 0 Å². The van der Waals surface area contributed by atoms with Crippen molar-refractivity contribution in [3.8, 4) is 5.75 Å². The number of nitrogens with one attached hydrogen (secondary N) is 1. The first-order valence-corrected chi connectivity index (χ1v) is 7.23. The number of ether oxygens (including phenoxy) is 1. The van der Waals surface area contributed by atoms with Gasteiger partial charge in [-0.3, -0.25) is 4.79 Å². The van der Waals surface area contributed by atoms with Crippen molar-refractivity contribution in [2.45, 2.75) is 6.92 Å². The Labute approximate surface area is 137 Å². The highest BCUT2D eigenvalue weighted by atomic mass is 35.5. The van der Waals surface area contributed by atoms with Crippen LogP contribution in [0.5, 0.6) is 5.75 Å². The van der Waals surface area contributed by atoms with Gasteiger partial charge in [-0.1, -0.05) is 46.9 Å². The molecule has 0 aliphatic heterocycles. The van der Waals surface area contributed by atoms with Crippen LogP contribution < -0.4 is 10.1 Å². The molecular formula is C15H12Cl3NO2. The molecule has 110 valence electrons. The van der Waals surface area contributed by atoms with Crippen molar-refractivity contribution < 1.29 is 9.53 Å². The van der Waals surface area contributed by atoms with Crippen molar-refractivity contribution in [1.82, 2.24) is 0 Å². The predicted molar refractivity (Wildman–Crippen MR) is 86.8 cm³/mol. The Morgan fingerprint density at radius 2 is 1.81 bits per heavy atom. The second-order valence-corrected chi connectivity index (χ2v) is 5.57. The molecule has 0 aliphatic carbocycles. The molecule has 0 saturated carbocycles. The summed E-state index contributed by atoms with van der Waals surface area (Å²) < 4.78 is 5.40. The van der Waals surface area contributed by atoms with Crippen LogP contribution in [0.1, 0.15) is 5.56 Å². The number of halogens is 3. The van der Waals surface area contributed by atoms with E-state index in [1.54, 1.807) is 36.4 Å². The number of benzene rings is 2. The van der Waals surface area contributed by atoms with Crippen molar-refractivity contribution in [3.63, 3.8) is 0 Å². The van der Waals surface area contributed by atoms with Gasteiger partial charge in [-0.15, -0.1) is 0 Å². The lowest BCUT2D eigenvalue weighted by Crippen LogP contribution is -2.20. The van der Waals surface area contributed by atoms with Crippen molar-refractivity contribution in [2.24, 2.45) is 0 Å². The van der Waals surface area contributed by atoms with Gasteiger partial charge in [0, 0.05) is 5.02 Å². The highest BCUT2D eigenvalue weighted by Crippen LogP contribution is 2.30. The van der Waals surface area contributed by atoms with E-state index in [-0.39, 0.29) is 12.5 Å². The Kier molecular flexibility index (Phi) is 5.34. The van der Waals surface area contributed by atoms with E-state index in [0.29, 0.717) is 26.5 Å². The summed E-state index contributed by atoms with van der Waals surface area (Å²) in [5.41, 5.74) is 1.36. The number of para-hydroxylation sites is 1. The van der Waals surface area contributed by atoms with Crippen LogP contribution in [0.15, 0.2) is 36.4 Å². The topological polar surface area (TPSA) is 38.3 Å². The fourth-order valence-corrected chi connectivity index (χ4v) is 2.25. The number of carbonyl (C=O) groups is 1. The minimum atomic E-state index is -0.327. The Bertz CT molecular complexity index is 674. The van der Waals surface area contributed by atoms with Gasteiger partial charge in [-0.2, -0.15) is 0 Å². The average molecular weight is 345 g/mol. The molecule has 21 heavy (non-hydrogen) atoms. The molecule has 0 heterocycles. The van der Waals surface area contributed by atoms with Gasteiger partial charge in [0.25, 0.3) is 5.91 Å². The van der Waals surface area contributed by atoms with E-state index in [2.05, 4.69) is 5.32 Å². The van der Waals surface area contributed by atoms with Crippen LogP contribution in [0.3, 0.4) is 0 Å². The van der Waals surface area contributed by atoms with Crippen LogP contribution in [0.4, 0.5) is 5.69 Å². The van der Waals surface area contributed by atoms with Gasteiger partial charge in [0.2, 0.25) is 0 Å². The average Bonchev–Trinajstić information content (AvgIpc) is 2.44. The van der Waals surface area contributed by atoms with E-state index in [9.17, 15) is 4.79 Å². The maximum Gasteiger partial charge on any atom is 0.262 e. The number of hydrogen-bond acceptors (Lipinski definition) is 2. The van der Waals surface area contributed by atoms with Crippen LogP contribution in [0, 0.1) is 6.92 Å². The van der Waals surface area contributed by atoms with Crippen molar-refractivity contribution in [1.29, 1.82) is 0 Å². The Morgan fingerprint density at radius 3 is 2.52 bits per heavy atom. The summed E-state index contributed by atoms with van der Waals surface area (Å²) >= 11 is 17.9. The Balaban J connectivity index is 1.99. The Morgan fingerprint density at radius 1 is 1.10 bits per heavy atom. The predicted octanol–water partition coefficient (Wildman–Crippen LogP) is 4.97. The summed E-state index contributed by atoms with van der Waals surface area (Å²) in [6.07, 6.45) is 0. The molecule has 0 unspecified atom stereocenters. The monoisotopic (exact) mass is 343 g/mol. The Hall–Kier alpha value is -1.42. The van der Waals surface area contributed by atoms with E-state index >= 15 is 0 Å². The molecule has 0 spiro atoms. The molecule has 0 saturated heterocycles. The molecule has 0 atom stereocenters. The lowest BCUT2D eigenvalue weighted by molar-refractivity contribution is -0.118.